The summed E-state index contributed by atoms with van der Waals surface area (Å²) >= 11 is 5.77. The van der Waals surface area contributed by atoms with Crippen molar-refractivity contribution in [2.45, 2.75) is 12.8 Å². The molecule has 2 nitrogen and oxygen atoms in total. The quantitative estimate of drug-likeness (QED) is 0.773. The molecular formula is C14H14ClFN2. The van der Waals surface area contributed by atoms with Gasteiger partial charge in [0, 0.05) is 6.54 Å². The van der Waals surface area contributed by atoms with E-state index < -0.39 is 0 Å². The minimum absolute atomic E-state index is 0.252. The Bertz CT molecular complexity index is 531. The van der Waals surface area contributed by atoms with Crippen LogP contribution in [0.5, 0.6) is 0 Å². The van der Waals surface area contributed by atoms with Gasteiger partial charge < -0.3 is 4.90 Å². The van der Waals surface area contributed by atoms with Gasteiger partial charge in [-0.15, -0.1) is 11.6 Å². The molecule has 1 heterocycles. The lowest BCUT2D eigenvalue weighted by molar-refractivity contribution is 0.625. The maximum Gasteiger partial charge on any atom is 0.146 e. The monoisotopic (exact) mass is 264 g/mol. The van der Waals surface area contributed by atoms with Gasteiger partial charge in [-0.2, -0.15) is 0 Å². The molecule has 0 atom stereocenters. The van der Waals surface area contributed by atoms with Gasteiger partial charge in [0.05, 0.1) is 17.3 Å². The minimum atomic E-state index is -0.252. The third kappa shape index (κ3) is 2.62. The summed E-state index contributed by atoms with van der Waals surface area (Å²) in [6.45, 7) is 2.60. The van der Waals surface area contributed by atoms with E-state index in [-0.39, 0.29) is 5.82 Å². The second-order valence-corrected chi connectivity index (χ2v) is 4.08. The first kappa shape index (κ1) is 12.8. The van der Waals surface area contributed by atoms with Crippen LogP contribution in [0, 0.1) is 5.82 Å². The molecule has 18 heavy (non-hydrogen) atoms. The van der Waals surface area contributed by atoms with Gasteiger partial charge in [-0.05, 0) is 31.2 Å². The largest absolute Gasteiger partial charge is 0.324 e. The number of para-hydroxylation sites is 1. The molecule has 2 rings (SSSR count). The molecule has 1 aromatic carbocycles. The van der Waals surface area contributed by atoms with Gasteiger partial charge in [0.25, 0.3) is 0 Å². The van der Waals surface area contributed by atoms with Crippen LogP contribution >= 0.6 is 11.6 Å². The first-order chi connectivity index (χ1) is 8.76. The number of alkyl halides is 1. The SMILES string of the molecule is CCN(c1cccc(CCl)n1)c1ccccc1F. The normalized spacial score (nSPS) is 10.4. The summed E-state index contributed by atoms with van der Waals surface area (Å²) in [5, 5.41) is 0. The van der Waals surface area contributed by atoms with E-state index >= 15 is 0 Å². The summed E-state index contributed by atoms with van der Waals surface area (Å²) in [5.41, 5.74) is 1.31. The van der Waals surface area contributed by atoms with Crippen LogP contribution in [0.3, 0.4) is 0 Å². The number of aromatic nitrogens is 1. The highest BCUT2D eigenvalue weighted by Crippen LogP contribution is 2.26. The van der Waals surface area contributed by atoms with Crippen molar-refractivity contribution in [3.05, 3.63) is 54.0 Å². The number of nitrogens with zero attached hydrogens (tertiary/aromatic N) is 2. The fourth-order valence-electron chi connectivity index (χ4n) is 1.82. The lowest BCUT2D eigenvalue weighted by atomic mass is 10.2. The average molecular weight is 265 g/mol. The van der Waals surface area contributed by atoms with E-state index in [1.807, 2.05) is 36.1 Å². The molecule has 0 saturated carbocycles. The fourth-order valence-corrected chi connectivity index (χ4v) is 1.97. The molecule has 0 amide bonds. The second kappa shape index (κ2) is 5.83. The predicted octanol–water partition coefficient (Wildman–Crippen LogP) is 4.12. The zero-order valence-electron chi connectivity index (χ0n) is 10.1. The summed E-state index contributed by atoms with van der Waals surface area (Å²) in [4.78, 5) is 6.23. The molecule has 0 N–H and O–H groups in total. The highest BCUT2D eigenvalue weighted by Gasteiger charge is 2.12. The molecular weight excluding hydrogens is 251 g/mol. The summed E-state index contributed by atoms with van der Waals surface area (Å²) in [6, 6.07) is 12.3. The van der Waals surface area contributed by atoms with Crippen molar-refractivity contribution >= 4 is 23.1 Å². The van der Waals surface area contributed by atoms with Crippen molar-refractivity contribution in [1.82, 2.24) is 4.98 Å². The molecule has 0 saturated heterocycles. The summed E-state index contributed by atoms with van der Waals surface area (Å²) in [7, 11) is 0. The van der Waals surface area contributed by atoms with Gasteiger partial charge in [-0.1, -0.05) is 18.2 Å². The number of anilines is 2. The first-order valence-electron chi connectivity index (χ1n) is 5.80. The Morgan fingerprint density at radius 3 is 2.61 bits per heavy atom. The highest BCUT2D eigenvalue weighted by atomic mass is 35.5. The Morgan fingerprint density at radius 1 is 1.17 bits per heavy atom. The van der Waals surface area contributed by atoms with Crippen LogP contribution in [0.2, 0.25) is 0 Å². The third-order valence-electron chi connectivity index (χ3n) is 2.67. The molecule has 0 aliphatic rings. The molecule has 1 aromatic heterocycles. The molecule has 0 unspecified atom stereocenters. The Balaban J connectivity index is 2.42. The van der Waals surface area contributed by atoms with Crippen LogP contribution < -0.4 is 4.90 Å². The lowest BCUT2D eigenvalue weighted by Gasteiger charge is -2.22. The molecule has 94 valence electrons. The van der Waals surface area contributed by atoms with E-state index in [2.05, 4.69) is 4.98 Å². The smallest absolute Gasteiger partial charge is 0.146 e. The maximum absolute atomic E-state index is 13.8. The zero-order chi connectivity index (χ0) is 13.0. The number of rotatable bonds is 4. The standard InChI is InChI=1S/C14H14ClFN2/c1-2-18(13-8-4-3-7-12(13)16)14-9-5-6-11(10-15)17-14/h3-9H,2,10H2,1H3. The second-order valence-electron chi connectivity index (χ2n) is 3.82. The number of hydrogen-bond donors (Lipinski definition) is 0. The Kier molecular flexibility index (Phi) is 4.15. The number of benzene rings is 1. The summed E-state index contributed by atoms with van der Waals surface area (Å²) < 4.78 is 13.8. The Hall–Kier alpha value is -1.61. The van der Waals surface area contributed by atoms with Gasteiger partial charge in [0.1, 0.15) is 11.6 Å². The predicted molar refractivity (Wildman–Crippen MR) is 72.9 cm³/mol. The average Bonchev–Trinajstić information content (AvgIpc) is 2.42. The van der Waals surface area contributed by atoms with Crippen molar-refractivity contribution in [3.8, 4) is 0 Å². The van der Waals surface area contributed by atoms with Crippen molar-refractivity contribution in [2.75, 3.05) is 11.4 Å². The van der Waals surface area contributed by atoms with E-state index in [1.165, 1.54) is 6.07 Å². The van der Waals surface area contributed by atoms with Crippen LogP contribution in [-0.2, 0) is 5.88 Å². The topological polar surface area (TPSA) is 16.1 Å². The fraction of sp³-hybridized carbons (Fsp3) is 0.214. The summed E-state index contributed by atoms with van der Waals surface area (Å²) in [5.74, 6) is 0.807. The summed E-state index contributed by atoms with van der Waals surface area (Å²) in [6.07, 6.45) is 0. The number of halogens is 2. The molecule has 0 radical (unpaired) electrons. The maximum atomic E-state index is 13.8. The van der Waals surface area contributed by atoms with Gasteiger partial charge in [-0.3, -0.25) is 0 Å². The third-order valence-corrected chi connectivity index (χ3v) is 2.94. The van der Waals surface area contributed by atoms with Crippen LogP contribution in [0.4, 0.5) is 15.9 Å². The lowest BCUT2D eigenvalue weighted by Crippen LogP contribution is -2.18. The van der Waals surface area contributed by atoms with Crippen molar-refractivity contribution in [2.24, 2.45) is 0 Å². The molecule has 0 aliphatic heterocycles. The minimum Gasteiger partial charge on any atom is -0.324 e. The zero-order valence-corrected chi connectivity index (χ0v) is 10.9. The molecule has 0 fully saturated rings. The molecule has 2 aromatic rings. The van der Waals surface area contributed by atoms with Crippen LogP contribution in [0.1, 0.15) is 12.6 Å². The van der Waals surface area contributed by atoms with Gasteiger partial charge in [0.2, 0.25) is 0 Å². The number of hydrogen-bond acceptors (Lipinski definition) is 2. The Labute approximate surface area is 111 Å². The van der Waals surface area contributed by atoms with E-state index in [9.17, 15) is 4.39 Å². The molecule has 0 spiro atoms. The van der Waals surface area contributed by atoms with Crippen molar-refractivity contribution in [1.29, 1.82) is 0 Å². The highest BCUT2D eigenvalue weighted by molar-refractivity contribution is 6.16. The molecule has 0 bridgehead atoms. The Morgan fingerprint density at radius 2 is 1.94 bits per heavy atom. The van der Waals surface area contributed by atoms with Gasteiger partial charge in [-0.25, -0.2) is 9.37 Å². The van der Waals surface area contributed by atoms with E-state index in [0.29, 0.717) is 23.9 Å². The van der Waals surface area contributed by atoms with Gasteiger partial charge in [0.15, 0.2) is 0 Å². The van der Waals surface area contributed by atoms with Crippen molar-refractivity contribution in [3.63, 3.8) is 0 Å². The van der Waals surface area contributed by atoms with E-state index in [4.69, 9.17) is 11.6 Å². The van der Waals surface area contributed by atoms with Gasteiger partial charge >= 0.3 is 0 Å². The first-order valence-corrected chi connectivity index (χ1v) is 6.33. The molecule has 0 aliphatic carbocycles. The van der Waals surface area contributed by atoms with E-state index in [1.54, 1.807) is 12.1 Å². The molecule has 4 heteroatoms. The van der Waals surface area contributed by atoms with E-state index in [0.717, 1.165) is 5.69 Å². The van der Waals surface area contributed by atoms with Crippen LogP contribution in [0.15, 0.2) is 42.5 Å². The number of pyridine rings is 1. The van der Waals surface area contributed by atoms with Crippen molar-refractivity contribution < 1.29 is 4.39 Å². The van der Waals surface area contributed by atoms with Crippen LogP contribution in [-0.4, -0.2) is 11.5 Å². The van der Waals surface area contributed by atoms with Crippen LogP contribution in [0.25, 0.3) is 0 Å².